The minimum atomic E-state index is -1.53. The number of hydrogen-bond donors (Lipinski definition) is 4. The van der Waals surface area contributed by atoms with Crippen molar-refractivity contribution in [2.24, 2.45) is 5.92 Å². The standard InChI is InChI=1S/C55H65N7O15/c1-10-73-53(68)58-47(31(3)4)49(64)56-34(7)48(63)57-36-17-15-35(16-18-36)30-77-55(70)62-41-26-46(44(72-9)24-39(41)51(66)60-28-33(6)22-42(60)52(62)67)76-20-14-12-13-19-75-45-25-40-38(23-43(45)71-8)50(65)59-27-32(5)21-37(59)29-61(40)54(69)74-11-2/h10-11,15-18,23-28,31,34,37,42,47,52,67H,1-2,12-14,19-22,29-30H2,3-9H3,(H,56,64)(H,57,63)(H,58,68)/t34-,37?,42-,47-,52-/m0/s1. The third-order valence-electron chi connectivity index (χ3n) is 13.3. The number of alkyl carbamates (subject to hydrolysis) is 1. The lowest BCUT2D eigenvalue weighted by atomic mass is 10.0. The summed E-state index contributed by atoms with van der Waals surface area (Å²) in [6.07, 6.45) is 4.04. The number of amides is 7. The lowest BCUT2D eigenvalue weighted by Gasteiger charge is -2.31. The van der Waals surface area contributed by atoms with E-state index in [1.165, 1.54) is 43.1 Å². The molecule has 3 aromatic carbocycles. The predicted molar refractivity (Wildman–Crippen MR) is 281 cm³/mol. The highest BCUT2D eigenvalue weighted by Crippen LogP contribution is 2.43. The Balaban J connectivity index is 0.979. The molecule has 1 unspecified atom stereocenters. The van der Waals surface area contributed by atoms with Gasteiger partial charge in [-0.05, 0) is 88.6 Å². The van der Waals surface area contributed by atoms with Crippen molar-refractivity contribution in [1.29, 1.82) is 0 Å². The summed E-state index contributed by atoms with van der Waals surface area (Å²) in [6, 6.07) is 9.46. The molecule has 3 aromatic rings. The van der Waals surface area contributed by atoms with Gasteiger partial charge in [0.2, 0.25) is 11.8 Å². The summed E-state index contributed by atoms with van der Waals surface area (Å²) in [4.78, 5) is 98.6. The Hall–Kier alpha value is -8.53. The Kier molecular flexibility index (Phi) is 18.2. The number of carbonyl (C=O) groups is 7. The van der Waals surface area contributed by atoms with Crippen molar-refractivity contribution in [2.45, 2.75) is 104 Å². The van der Waals surface area contributed by atoms with Gasteiger partial charge in [-0.2, -0.15) is 0 Å². The molecule has 4 N–H and O–H groups in total. The van der Waals surface area contributed by atoms with Crippen molar-refractivity contribution >= 4 is 59.0 Å². The topological polar surface area (TPSA) is 253 Å². The van der Waals surface area contributed by atoms with Gasteiger partial charge in [-0.1, -0.05) is 50.3 Å². The van der Waals surface area contributed by atoms with E-state index in [9.17, 15) is 38.7 Å². The first-order valence-corrected chi connectivity index (χ1v) is 25.1. The quantitative estimate of drug-likeness (QED) is 0.0486. The number of rotatable bonds is 20. The number of hydrogen-bond acceptors (Lipinski definition) is 15. The van der Waals surface area contributed by atoms with E-state index in [1.807, 2.05) is 13.8 Å². The maximum Gasteiger partial charge on any atom is 0.419 e. The van der Waals surface area contributed by atoms with Crippen LogP contribution in [0.25, 0.3) is 0 Å². The van der Waals surface area contributed by atoms with Crippen LogP contribution in [0.2, 0.25) is 0 Å². The molecule has 0 fully saturated rings. The van der Waals surface area contributed by atoms with Crippen LogP contribution in [0, 0.1) is 5.92 Å². The first kappa shape index (κ1) is 56.2. The summed E-state index contributed by atoms with van der Waals surface area (Å²) in [5, 5.41) is 19.6. The highest BCUT2D eigenvalue weighted by atomic mass is 16.6. The van der Waals surface area contributed by atoms with Crippen LogP contribution in [0.4, 0.5) is 31.4 Å². The van der Waals surface area contributed by atoms with Crippen molar-refractivity contribution < 1.29 is 71.8 Å². The molecule has 7 rings (SSSR count). The molecule has 0 radical (unpaired) electrons. The number of aliphatic hydroxyl groups excluding tert-OH is 1. The predicted octanol–water partition coefficient (Wildman–Crippen LogP) is 7.48. The van der Waals surface area contributed by atoms with Gasteiger partial charge in [-0.15, -0.1) is 0 Å². The molecule has 410 valence electrons. The van der Waals surface area contributed by atoms with E-state index < -0.39 is 60.4 Å². The number of ether oxygens (including phenoxy) is 7. The molecule has 77 heavy (non-hydrogen) atoms. The Morgan fingerprint density at radius 1 is 0.727 bits per heavy atom. The third kappa shape index (κ3) is 12.8. The second-order valence-electron chi connectivity index (χ2n) is 19.2. The van der Waals surface area contributed by atoms with Crippen LogP contribution < -0.4 is 44.7 Å². The van der Waals surface area contributed by atoms with Gasteiger partial charge in [0.1, 0.15) is 18.7 Å². The van der Waals surface area contributed by atoms with Gasteiger partial charge in [-0.25, -0.2) is 19.3 Å². The van der Waals surface area contributed by atoms with Crippen LogP contribution in [0.1, 0.15) is 93.0 Å². The second kappa shape index (κ2) is 24.9. The number of nitrogens with zero attached hydrogens (tertiary/aromatic N) is 4. The third-order valence-corrected chi connectivity index (χ3v) is 13.3. The zero-order chi connectivity index (χ0) is 55.7. The first-order valence-electron chi connectivity index (χ1n) is 25.1. The molecular weight excluding hydrogens is 999 g/mol. The lowest BCUT2D eigenvalue weighted by Crippen LogP contribution is -2.53. The van der Waals surface area contributed by atoms with Crippen molar-refractivity contribution in [1.82, 2.24) is 20.4 Å². The van der Waals surface area contributed by atoms with E-state index in [1.54, 1.807) is 67.5 Å². The van der Waals surface area contributed by atoms with E-state index in [0.29, 0.717) is 60.5 Å². The van der Waals surface area contributed by atoms with Crippen molar-refractivity contribution in [3.63, 3.8) is 0 Å². The van der Waals surface area contributed by atoms with Crippen molar-refractivity contribution in [2.75, 3.05) is 49.1 Å². The molecule has 4 aliphatic rings. The van der Waals surface area contributed by atoms with Gasteiger partial charge in [0.05, 0.1) is 81.1 Å². The number of aliphatic hydroxyl groups is 1. The molecular formula is C55H65N7O15. The molecule has 4 aliphatic heterocycles. The summed E-state index contributed by atoms with van der Waals surface area (Å²) >= 11 is 0. The van der Waals surface area contributed by atoms with Crippen LogP contribution in [0.5, 0.6) is 23.0 Å². The number of anilines is 3. The zero-order valence-corrected chi connectivity index (χ0v) is 44.1. The molecule has 0 saturated heterocycles. The molecule has 7 amide bonds. The smallest absolute Gasteiger partial charge is 0.419 e. The van der Waals surface area contributed by atoms with Gasteiger partial charge in [0.25, 0.3) is 11.8 Å². The normalized spacial score (nSPS) is 18.1. The van der Waals surface area contributed by atoms with E-state index in [0.717, 1.165) is 28.6 Å². The number of fused-ring (bicyclic) bond motifs is 4. The number of methoxy groups -OCH3 is 2. The highest BCUT2D eigenvalue weighted by Gasteiger charge is 2.45. The lowest BCUT2D eigenvalue weighted by molar-refractivity contribution is -0.128. The summed E-state index contributed by atoms with van der Waals surface area (Å²) in [6.45, 7) is 15.9. The molecule has 22 heteroatoms. The van der Waals surface area contributed by atoms with Crippen molar-refractivity contribution in [3.8, 4) is 23.0 Å². The van der Waals surface area contributed by atoms with E-state index in [2.05, 4.69) is 33.8 Å². The van der Waals surface area contributed by atoms with Gasteiger partial charge >= 0.3 is 18.3 Å². The molecule has 0 spiro atoms. The van der Waals surface area contributed by atoms with Gasteiger partial charge < -0.3 is 64.0 Å². The van der Waals surface area contributed by atoms with E-state index in [4.69, 9.17) is 28.4 Å². The maximum absolute atomic E-state index is 14.2. The number of benzene rings is 3. The Morgan fingerprint density at radius 3 is 1.92 bits per heavy atom. The van der Waals surface area contributed by atoms with Crippen LogP contribution in [-0.2, 0) is 30.4 Å². The fourth-order valence-corrected chi connectivity index (χ4v) is 9.37. The average molecular weight is 1060 g/mol. The minimum Gasteiger partial charge on any atom is -0.493 e. The Bertz CT molecular complexity index is 2850. The molecule has 0 aliphatic carbocycles. The van der Waals surface area contributed by atoms with Crippen molar-refractivity contribution in [3.05, 3.63) is 114 Å². The largest absolute Gasteiger partial charge is 0.493 e. The molecule has 22 nitrogen and oxygen atoms in total. The van der Waals surface area contributed by atoms with Crippen LogP contribution in [-0.4, -0.2) is 121 Å². The van der Waals surface area contributed by atoms with Gasteiger partial charge in [-0.3, -0.25) is 24.1 Å². The molecule has 4 heterocycles. The summed E-state index contributed by atoms with van der Waals surface area (Å²) in [7, 11) is 2.89. The average Bonchev–Trinajstić information content (AvgIpc) is 4.01. The minimum absolute atomic E-state index is 0.0447. The second-order valence-corrected chi connectivity index (χ2v) is 19.2. The summed E-state index contributed by atoms with van der Waals surface area (Å²) in [5.74, 6) is -1.12. The summed E-state index contributed by atoms with van der Waals surface area (Å²) < 4.78 is 39.3. The monoisotopic (exact) mass is 1060 g/mol. The molecule has 5 atom stereocenters. The molecule has 0 saturated carbocycles. The summed E-state index contributed by atoms with van der Waals surface area (Å²) in [5.41, 5.74) is 3.43. The zero-order valence-electron chi connectivity index (χ0n) is 44.1. The fourth-order valence-electron chi connectivity index (χ4n) is 9.37. The van der Waals surface area contributed by atoms with Gasteiger partial charge in [0.15, 0.2) is 29.2 Å². The van der Waals surface area contributed by atoms with E-state index >= 15 is 0 Å². The maximum atomic E-state index is 14.2. The SMILES string of the molecule is C=COC(=O)N[C@H](C(=O)N[C@@H](C)C(=O)Nc1ccc(COC(=O)N2c3cc(OCCCCCOc4cc5c(cc4OC)C(=O)N4C=C(C)CC4CN5C(=O)OC=C)c(OC)cc3C(=O)N3C=C(C)C[C@H]3[C@@H]2O)cc1)C(C)C. The first-order chi connectivity index (χ1) is 36.9. The Morgan fingerprint density at radius 2 is 1.31 bits per heavy atom. The van der Waals surface area contributed by atoms with E-state index in [-0.39, 0.29) is 72.5 Å². The van der Waals surface area contributed by atoms with Crippen LogP contribution >= 0.6 is 0 Å². The highest BCUT2D eigenvalue weighted by molar-refractivity contribution is 6.07. The number of unbranched alkanes of at least 4 members (excludes halogenated alkanes) is 2. The Labute approximate surface area is 446 Å². The van der Waals surface area contributed by atoms with Gasteiger partial charge in [0, 0.05) is 30.2 Å². The molecule has 0 bridgehead atoms. The number of carbonyl (C=O) groups excluding carboxylic acids is 7. The number of nitrogens with one attached hydrogen (secondary N) is 3. The fraction of sp³-hybridized carbons (Fsp3) is 0.400. The molecule has 0 aromatic heterocycles. The van der Waals surface area contributed by atoms with Crippen LogP contribution in [0.3, 0.4) is 0 Å². The van der Waals surface area contributed by atoms with Crippen LogP contribution in [0.15, 0.2) is 97.8 Å².